The summed E-state index contributed by atoms with van der Waals surface area (Å²) in [6.07, 6.45) is 1.19. The van der Waals surface area contributed by atoms with Gasteiger partial charge in [0, 0.05) is 16.4 Å². The summed E-state index contributed by atoms with van der Waals surface area (Å²) in [5.41, 5.74) is 3.83. The fourth-order valence-corrected chi connectivity index (χ4v) is 2.73. The van der Waals surface area contributed by atoms with Crippen LogP contribution in [0.2, 0.25) is 5.02 Å². The number of nitrogens with one attached hydrogen (secondary N) is 1. The van der Waals surface area contributed by atoms with Crippen LogP contribution < -0.4 is 5.32 Å². The van der Waals surface area contributed by atoms with E-state index in [1.807, 2.05) is 31.2 Å². The topological polar surface area (TPSA) is 42.0 Å². The number of aryl methyl sites for hydroxylation is 1. The van der Waals surface area contributed by atoms with Gasteiger partial charge in [-0.15, -0.1) is 11.3 Å². The zero-order valence-corrected chi connectivity index (χ0v) is 12.2. The maximum Gasteiger partial charge on any atom is 0.225 e. The summed E-state index contributed by atoms with van der Waals surface area (Å²) in [6, 6.07) is 7.68. The molecule has 2 aromatic rings. The predicted octanol–water partition coefficient (Wildman–Crippen LogP) is 3.01. The molecule has 0 aliphatic heterocycles. The van der Waals surface area contributed by atoms with Gasteiger partial charge >= 0.3 is 0 Å². The first-order chi connectivity index (χ1) is 9.15. The fourth-order valence-electron chi connectivity index (χ4n) is 1.74. The number of nitrogens with zero attached hydrogens (tertiary/aromatic N) is 1. The van der Waals surface area contributed by atoms with E-state index in [9.17, 15) is 4.79 Å². The van der Waals surface area contributed by atoms with Gasteiger partial charge in [0.05, 0.1) is 17.6 Å². The number of hydrogen-bond donors (Lipinski definition) is 1. The van der Waals surface area contributed by atoms with Gasteiger partial charge < -0.3 is 5.32 Å². The third kappa shape index (κ3) is 4.33. The highest BCUT2D eigenvalue weighted by Crippen LogP contribution is 2.13. The molecule has 0 aliphatic carbocycles. The third-order valence-corrected chi connectivity index (χ3v) is 3.96. The molecule has 5 heteroatoms. The first-order valence-electron chi connectivity index (χ1n) is 6.05. The molecule has 0 spiro atoms. The van der Waals surface area contributed by atoms with E-state index in [0.29, 0.717) is 13.0 Å². The van der Waals surface area contributed by atoms with Crippen LogP contribution in [-0.4, -0.2) is 17.4 Å². The Kier molecular flexibility index (Phi) is 4.93. The van der Waals surface area contributed by atoms with Crippen LogP contribution in [0.15, 0.2) is 29.8 Å². The van der Waals surface area contributed by atoms with E-state index < -0.39 is 0 Å². The molecule has 0 saturated carbocycles. The molecule has 0 saturated heterocycles. The molecule has 1 N–H and O–H groups in total. The molecule has 19 heavy (non-hydrogen) atoms. The second-order valence-corrected chi connectivity index (χ2v) is 5.64. The summed E-state index contributed by atoms with van der Waals surface area (Å²) in [4.78, 5) is 16.9. The summed E-state index contributed by atoms with van der Waals surface area (Å²) in [7, 11) is 0. The van der Waals surface area contributed by atoms with E-state index in [-0.39, 0.29) is 5.91 Å². The number of rotatable bonds is 5. The Balaban J connectivity index is 1.77. The van der Waals surface area contributed by atoms with Crippen LogP contribution in [0, 0.1) is 6.92 Å². The average Bonchev–Trinajstić information content (AvgIpc) is 2.75. The molecule has 0 unspecified atom stereocenters. The molecule has 3 nitrogen and oxygen atoms in total. The van der Waals surface area contributed by atoms with Gasteiger partial charge in [0.2, 0.25) is 5.91 Å². The molecule has 0 radical (unpaired) electrons. The molecule has 0 fully saturated rings. The minimum atomic E-state index is 0.0365. The summed E-state index contributed by atoms with van der Waals surface area (Å²) < 4.78 is 0. The summed E-state index contributed by atoms with van der Waals surface area (Å²) in [5, 5.41) is 3.64. The van der Waals surface area contributed by atoms with Crippen LogP contribution in [0.5, 0.6) is 0 Å². The second-order valence-electron chi connectivity index (χ2n) is 4.27. The van der Waals surface area contributed by atoms with E-state index in [4.69, 9.17) is 11.6 Å². The van der Waals surface area contributed by atoms with Crippen molar-refractivity contribution in [2.75, 3.05) is 6.54 Å². The van der Waals surface area contributed by atoms with Crippen molar-refractivity contribution in [1.29, 1.82) is 0 Å². The number of hydrogen-bond acceptors (Lipinski definition) is 3. The number of carbonyl (C=O) groups excluding carboxylic acids is 1. The highest BCUT2D eigenvalue weighted by Gasteiger charge is 2.07. The Morgan fingerprint density at radius 1 is 1.47 bits per heavy atom. The van der Waals surface area contributed by atoms with Gasteiger partial charge in [-0.2, -0.15) is 0 Å². The molecule has 0 aliphatic rings. The molecule has 1 amide bonds. The minimum Gasteiger partial charge on any atom is -0.355 e. The van der Waals surface area contributed by atoms with Gasteiger partial charge in [-0.1, -0.05) is 23.7 Å². The molecular formula is C14H15ClN2OS. The molecule has 1 heterocycles. The maximum atomic E-state index is 11.8. The predicted molar refractivity (Wildman–Crippen MR) is 78.7 cm³/mol. The van der Waals surface area contributed by atoms with Crippen LogP contribution in [0.1, 0.15) is 16.1 Å². The summed E-state index contributed by atoms with van der Waals surface area (Å²) in [5.74, 6) is 0.0365. The standard InChI is InChI=1S/C14H15ClN2OS/c1-10-13(19-9-17-10)8-14(18)16-6-5-11-3-2-4-12(15)7-11/h2-4,7,9H,5-6,8H2,1H3,(H,16,18). The number of halogens is 1. The van der Waals surface area contributed by atoms with Gasteiger partial charge in [-0.3, -0.25) is 4.79 Å². The van der Waals surface area contributed by atoms with E-state index in [1.165, 1.54) is 11.3 Å². The molecule has 1 aromatic heterocycles. The van der Waals surface area contributed by atoms with Gasteiger partial charge in [-0.25, -0.2) is 4.98 Å². The highest BCUT2D eigenvalue weighted by atomic mass is 35.5. The average molecular weight is 295 g/mol. The summed E-state index contributed by atoms with van der Waals surface area (Å²) >= 11 is 7.43. The van der Waals surface area contributed by atoms with Crippen LogP contribution >= 0.6 is 22.9 Å². The number of carbonyl (C=O) groups is 1. The first kappa shape index (κ1) is 14.0. The Morgan fingerprint density at radius 2 is 2.32 bits per heavy atom. The lowest BCUT2D eigenvalue weighted by molar-refractivity contribution is -0.120. The van der Waals surface area contributed by atoms with Crippen molar-refractivity contribution in [2.45, 2.75) is 19.8 Å². The Hall–Kier alpha value is -1.39. The molecule has 2 rings (SSSR count). The van der Waals surface area contributed by atoms with Crippen LogP contribution in [0.4, 0.5) is 0 Å². The third-order valence-electron chi connectivity index (χ3n) is 2.79. The molecule has 0 bridgehead atoms. The maximum absolute atomic E-state index is 11.8. The highest BCUT2D eigenvalue weighted by molar-refractivity contribution is 7.09. The van der Waals surface area contributed by atoms with Crippen molar-refractivity contribution in [2.24, 2.45) is 0 Å². The second kappa shape index (κ2) is 6.68. The van der Waals surface area contributed by atoms with Gasteiger partial charge in [0.15, 0.2) is 0 Å². The van der Waals surface area contributed by atoms with Crippen molar-refractivity contribution < 1.29 is 4.79 Å². The van der Waals surface area contributed by atoms with E-state index in [2.05, 4.69) is 10.3 Å². The molecular weight excluding hydrogens is 280 g/mol. The Morgan fingerprint density at radius 3 is 3.00 bits per heavy atom. The largest absolute Gasteiger partial charge is 0.355 e. The SMILES string of the molecule is Cc1ncsc1CC(=O)NCCc1cccc(Cl)c1. The van der Waals surface area contributed by atoms with Gasteiger partial charge in [-0.05, 0) is 31.0 Å². The van der Waals surface area contributed by atoms with Crippen LogP contribution in [0.3, 0.4) is 0 Å². The first-order valence-corrected chi connectivity index (χ1v) is 7.31. The van der Waals surface area contributed by atoms with Crippen molar-refractivity contribution >= 4 is 28.8 Å². The Labute approximate surface area is 121 Å². The normalized spacial score (nSPS) is 10.4. The number of benzene rings is 1. The number of aromatic nitrogens is 1. The van der Waals surface area contributed by atoms with Crippen molar-refractivity contribution in [3.8, 4) is 0 Å². The van der Waals surface area contributed by atoms with Crippen molar-refractivity contribution in [3.63, 3.8) is 0 Å². The monoisotopic (exact) mass is 294 g/mol. The van der Waals surface area contributed by atoms with Crippen LogP contribution in [0.25, 0.3) is 0 Å². The van der Waals surface area contributed by atoms with Crippen molar-refractivity contribution in [3.05, 3.63) is 50.9 Å². The smallest absolute Gasteiger partial charge is 0.225 e. The molecule has 0 atom stereocenters. The number of amides is 1. The zero-order valence-electron chi connectivity index (χ0n) is 10.6. The van der Waals surface area contributed by atoms with Crippen LogP contribution in [-0.2, 0) is 17.6 Å². The lowest BCUT2D eigenvalue weighted by atomic mass is 10.1. The van der Waals surface area contributed by atoms with Crippen molar-refractivity contribution in [1.82, 2.24) is 10.3 Å². The number of thiazole rings is 1. The molecule has 100 valence electrons. The van der Waals surface area contributed by atoms with E-state index in [1.54, 1.807) is 5.51 Å². The lowest BCUT2D eigenvalue weighted by Gasteiger charge is -2.05. The summed E-state index contributed by atoms with van der Waals surface area (Å²) in [6.45, 7) is 2.54. The van der Waals surface area contributed by atoms with E-state index >= 15 is 0 Å². The fraction of sp³-hybridized carbons (Fsp3) is 0.286. The zero-order chi connectivity index (χ0) is 13.7. The van der Waals surface area contributed by atoms with Gasteiger partial charge in [0.1, 0.15) is 0 Å². The Bertz CT molecular complexity index is 568. The van der Waals surface area contributed by atoms with E-state index in [0.717, 1.165) is 27.6 Å². The minimum absolute atomic E-state index is 0.0365. The lowest BCUT2D eigenvalue weighted by Crippen LogP contribution is -2.27. The van der Waals surface area contributed by atoms with Gasteiger partial charge in [0.25, 0.3) is 0 Å². The molecule has 1 aromatic carbocycles. The quantitative estimate of drug-likeness (QED) is 0.921.